The predicted octanol–water partition coefficient (Wildman–Crippen LogP) is 3.96. The van der Waals surface area contributed by atoms with Crippen LogP contribution in [0.15, 0.2) is 42.5 Å². The Hall–Kier alpha value is -1.88. The lowest BCUT2D eigenvalue weighted by molar-refractivity contribution is -0.136. The van der Waals surface area contributed by atoms with Crippen LogP contribution in [0.4, 0.5) is 24.5 Å². The summed E-state index contributed by atoms with van der Waals surface area (Å²) in [6.07, 6.45) is -4.45. The standard InChI is InChI=1S/C13H11F3N2.ClH/c14-13(15,16)11-7-9(3-6-12(11)18)8-1-4-10(17)5-2-8;/h1-7H,17-18H2;1H. The molecule has 2 aromatic carbocycles. The van der Waals surface area contributed by atoms with E-state index in [0.29, 0.717) is 16.8 Å². The van der Waals surface area contributed by atoms with Crippen LogP contribution in [0.25, 0.3) is 11.1 Å². The van der Waals surface area contributed by atoms with E-state index in [4.69, 9.17) is 11.5 Å². The summed E-state index contributed by atoms with van der Waals surface area (Å²) in [5.41, 5.74) is 11.4. The zero-order chi connectivity index (χ0) is 13.3. The zero-order valence-electron chi connectivity index (χ0n) is 9.74. The van der Waals surface area contributed by atoms with Crippen molar-refractivity contribution in [2.45, 2.75) is 6.18 Å². The molecule has 6 heteroatoms. The summed E-state index contributed by atoms with van der Waals surface area (Å²) in [6, 6.07) is 10.5. The van der Waals surface area contributed by atoms with E-state index in [0.717, 1.165) is 6.07 Å². The SMILES string of the molecule is Cl.Nc1ccc(-c2ccc(N)c(C(F)(F)F)c2)cc1. The van der Waals surface area contributed by atoms with Crippen LogP contribution in [-0.2, 0) is 6.18 Å². The number of benzene rings is 2. The molecule has 102 valence electrons. The first-order valence-electron chi connectivity index (χ1n) is 5.20. The minimum Gasteiger partial charge on any atom is -0.399 e. The first-order chi connectivity index (χ1) is 8.38. The van der Waals surface area contributed by atoms with E-state index >= 15 is 0 Å². The maximum absolute atomic E-state index is 12.7. The highest BCUT2D eigenvalue weighted by Crippen LogP contribution is 2.36. The fraction of sp³-hybridized carbons (Fsp3) is 0.0769. The van der Waals surface area contributed by atoms with Gasteiger partial charge in [-0.05, 0) is 35.4 Å². The molecule has 4 N–H and O–H groups in total. The fourth-order valence-electron chi connectivity index (χ4n) is 1.66. The smallest absolute Gasteiger partial charge is 0.399 e. The summed E-state index contributed by atoms with van der Waals surface area (Å²) in [5, 5.41) is 0. The van der Waals surface area contributed by atoms with Crippen LogP contribution in [0.3, 0.4) is 0 Å². The average Bonchev–Trinajstić information content (AvgIpc) is 2.29. The van der Waals surface area contributed by atoms with Gasteiger partial charge in [-0.15, -0.1) is 12.4 Å². The van der Waals surface area contributed by atoms with Gasteiger partial charge in [0, 0.05) is 11.4 Å². The van der Waals surface area contributed by atoms with E-state index in [9.17, 15) is 13.2 Å². The maximum Gasteiger partial charge on any atom is 0.418 e. The molecular formula is C13H12ClF3N2. The molecule has 0 unspecified atom stereocenters. The lowest BCUT2D eigenvalue weighted by Crippen LogP contribution is -2.08. The van der Waals surface area contributed by atoms with Crippen molar-refractivity contribution < 1.29 is 13.2 Å². The number of hydrogen-bond donors (Lipinski definition) is 2. The molecule has 0 heterocycles. The summed E-state index contributed by atoms with van der Waals surface area (Å²) in [5.74, 6) is 0. The van der Waals surface area contributed by atoms with Crippen LogP contribution < -0.4 is 11.5 Å². The largest absolute Gasteiger partial charge is 0.418 e. The average molecular weight is 289 g/mol. The van der Waals surface area contributed by atoms with Gasteiger partial charge >= 0.3 is 6.18 Å². The predicted molar refractivity (Wildman–Crippen MR) is 73.0 cm³/mol. The number of nitrogen functional groups attached to an aromatic ring is 2. The van der Waals surface area contributed by atoms with Crippen LogP contribution in [0, 0.1) is 0 Å². The van der Waals surface area contributed by atoms with E-state index in [1.807, 2.05) is 0 Å². The van der Waals surface area contributed by atoms with Gasteiger partial charge in [0.05, 0.1) is 5.56 Å². The highest BCUT2D eigenvalue weighted by Gasteiger charge is 2.33. The Bertz CT molecular complexity index is 565. The van der Waals surface area contributed by atoms with Gasteiger partial charge in [0.25, 0.3) is 0 Å². The molecule has 0 radical (unpaired) electrons. The third kappa shape index (κ3) is 3.32. The quantitative estimate of drug-likeness (QED) is 0.781. The van der Waals surface area contributed by atoms with E-state index in [1.54, 1.807) is 30.3 Å². The van der Waals surface area contributed by atoms with Crippen LogP contribution in [0.2, 0.25) is 0 Å². The van der Waals surface area contributed by atoms with Crippen LogP contribution in [0.1, 0.15) is 5.56 Å². The molecule has 19 heavy (non-hydrogen) atoms. The third-order valence-corrected chi connectivity index (χ3v) is 2.60. The van der Waals surface area contributed by atoms with Gasteiger partial charge < -0.3 is 11.5 Å². The van der Waals surface area contributed by atoms with Gasteiger partial charge in [-0.25, -0.2) is 0 Å². The zero-order valence-corrected chi connectivity index (χ0v) is 10.6. The summed E-state index contributed by atoms with van der Waals surface area (Å²) < 4.78 is 38.1. The van der Waals surface area contributed by atoms with Crippen molar-refractivity contribution in [3.05, 3.63) is 48.0 Å². The highest BCUT2D eigenvalue weighted by molar-refractivity contribution is 5.85. The molecule has 0 aliphatic carbocycles. The number of nitrogens with two attached hydrogens (primary N) is 2. The Morgan fingerprint density at radius 2 is 1.32 bits per heavy atom. The first-order valence-corrected chi connectivity index (χ1v) is 5.20. The second-order valence-electron chi connectivity index (χ2n) is 3.92. The summed E-state index contributed by atoms with van der Waals surface area (Å²) in [4.78, 5) is 0. The lowest BCUT2D eigenvalue weighted by atomic mass is 10.0. The maximum atomic E-state index is 12.7. The van der Waals surface area contributed by atoms with Gasteiger partial charge in [-0.2, -0.15) is 13.2 Å². The molecule has 0 atom stereocenters. The molecule has 0 aromatic heterocycles. The van der Waals surface area contributed by atoms with Gasteiger partial charge in [0.1, 0.15) is 0 Å². The van der Waals surface area contributed by atoms with Crippen molar-refractivity contribution in [3.63, 3.8) is 0 Å². The van der Waals surface area contributed by atoms with E-state index in [2.05, 4.69) is 0 Å². The minimum absolute atomic E-state index is 0. The van der Waals surface area contributed by atoms with Crippen LogP contribution >= 0.6 is 12.4 Å². The molecule has 0 bridgehead atoms. The van der Waals surface area contributed by atoms with E-state index in [-0.39, 0.29) is 18.1 Å². The van der Waals surface area contributed by atoms with Gasteiger partial charge in [-0.1, -0.05) is 18.2 Å². The minimum atomic E-state index is -4.45. The Labute approximate surface area is 114 Å². The Kier molecular flexibility index (Phi) is 4.32. The Balaban J connectivity index is 0.00000180. The molecule has 2 rings (SSSR count). The fourth-order valence-corrected chi connectivity index (χ4v) is 1.66. The molecule has 0 fully saturated rings. The lowest BCUT2D eigenvalue weighted by Gasteiger charge is -2.12. The molecule has 0 aliphatic rings. The molecule has 0 aliphatic heterocycles. The van der Waals surface area contributed by atoms with Crippen molar-refractivity contribution >= 4 is 23.8 Å². The summed E-state index contributed by atoms with van der Waals surface area (Å²) in [6.45, 7) is 0. The highest BCUT2D eigenvalue weighted by atomic mass is 35.5. The van der Waals surface area contributed by atoms with Crippen molar-refractivity contribution in [1.82, 2.24) is 0 Å². The van der Waals surface area contributed by atoms with Crippen molar-refractivity contribution in [2.75, 3.05) is 11.5 Å². The molecule has 0 saturated heterocycles. The van der Waals surface area contributed by atoms with Crippen molar-refractivity contribution in [2.24, 2.45) is 0 Å². The number of halogens is 4. The third-order valence-electron chi connectivity index (χ3n) is 2.60. The van der Waals surface area contributed by atoms with Crippen molar-refractivity contribution in [3.8, 4) is 11.1 Å². The Morgan fingerprint density at radius 1 is 0.789 bits per heavy atom. The summed E-state index contributed by atoms with van der Waals surface area (Å²) in [7, 11) is 0. The molecule has 0 spiro atoms. The summed E-state index contributed by atoms with van der Waals surface area (Å²) >= 11 is 0. The second kappa shape index (κ2) is 5.40. The molecule has 2 nitrogen and oxygen atoms in total. The number of hydrogen-bond acceptors (Lipinski definition) is 2. The second-order valence-corrected chi connectivity index (χ2v) is 3.92. The van der Waals surface area contributed by atoms with Crippen molar-refractivity contribution in [1.29, 1.82) is 0 Å². The Morgan fingerprint density at radius 3 is 1.84 bits per heavy atom. The molecular weight excluding hydrogens is 277 g/mol. The number of anilines is 2. The van der Waals surface area contributed by atoms with Crippen LogP contribution in [-0.4, -0.2) is 0 Å². The van der Waals surface area contributed by atoms with E-state index < -0.39 is 11.7 Å². The van der Waals surface area contributed by atoms with E-state index in [1.165, 1.54) is 6.07 Å². The molecule has 0 saturated carbocycles. The normalized spacial score (nSPS) is 10.9. The molecule has 0 amide bonds. The van der Waals surface area contributed by atoms with Crippen LogP contribution in [0.5, 0.6) is 0 Å². The monoisotopic (exact) mass is 288 g/mol. The number of alkyl halides is 3. The first kappa shape index (κ1) is 15.2. The number of rotatable bonds is 1. The topological polar surface area (TPSA) is 52.0 Å². The molecule has 2 aromatic rings. The van der Waals surface area contributed by atoms with Gasteiger partial charge in [-0.3, -0.25) is 0 Å². The van der Waals surface area contributed by atoms with Gasteiger partial charge in [0.15, 0.2) is 0 Å². The van der Waals surface area contributed by atoms with Gasteiger partial charge in [0.2, 0.25) is 0 Å².